The third kappa shape index (κ3) is 3.55. The second kappa shape index (κ2) is 7.23. The van der Waals surface area contributed by atoms with Crippen LogP contribution in [-0.4, -0.2) is 52.7 Å². The molecule has 1 amide bonds. The third-order valence-electron chi connectivity index (χ3n) is 4.48. The Morgan fingerprint density at radius 2 is 1.96 bits per heavy atom. The van der Waals surface area contributed by atoms with Gasteiger partial charge in [0, 0.05) is 49.4 Å². The molecular weight excluding hydrogens is 322 g/mol. The molecule has 24 heavy (non-hydrogen) atoms. The number of amides is 1. The Morgan fingerprint density at radius 3 is 2.54 bits per heavy atom. The molecule has 0 bridgehead atoms. The highest BCUT2D eigenvalue weighted by molar-refractivity contribution is 7.12. The topological polar surface area (TPSA) is 53.5 Å². The molecule has 1 unspecified atom stereocenters. The average Bonchev–Trinajstić information content (AvgIpc) is 3.12. The highest BCUT2D eigenvalue weighted by Crippen LogP contribution is 2.22. The molecule has 1 atom stereocenters. The first-order valence-corrected chi connectivity index (χ1v) is 8.98. The summed E-state index contributed by atoms with van der Waals surface area (Å²) < 4.78 is 0. The van der Waals surface area contributed by atoms with Crippen LogP contribution in [0.25, 0.3) is 0 Å². The van der Waals surface area contributed by atoms with Crippen LogP contribution < -0.4 is 0 Å². The van der Waals surface area contributed by atoms with Gasteiger partial charge in [-0.05, 0) is 32.0 Å². The quantitative estimate of drug-likeness (QED) is 0.801. The predicted molar refractivity (Wildman–Crippen MR) is 94.5 cm³/mol. The fraction of sp³-hybridized carbons (Fsp3) is 0.389. The number of ketones is 1. The van der Waals surface area contributed by atoms with Gasteiger partial charge in [-0.3, -0.25) is 19.5 Å². The van der Waals surface area contributed by atoms with E-state index >= 15 is 0 Å². The molecule has 0 spiro atoms. The van der Waals surface area contributed by atoms with Crippen molar-refractivity contribution in [3.8, 4) is 0 Å². The van der Waals surface area contributed by atoms with Gasteiger partial charge in [0.2, 0.25) is 0 Å². The van der Waals surface area contributed by atoms with Gasteiger partial charge in [-0.2, -0.15) is 0 Å². The summed E-state index contributed by atoms with van der Waals surface area (Å²) in [6, 6.07) is 7.91. The van der Waals surface area contributed by atoms with Gasteiger partial charge in [-0.25, -0.2) is 0 Å². The fourth-order valence-corrected chi connectivity index (χ4v) is 3.82. The zero-order chi connectivity index (χ0) is 17.1. The molecule has 1 aliphatic rings. The molecule has 0 radical (unpaired) electrons. The van der Waals surface area contributed by atoms with Crippen molar-refractivity contribution in [3.63, 3.8) is 0 Å². The Bertz CT molecular complexity index is 721. The summed E-state index contributed by atoms with van der Waals surface area (Å²) in [6.07, 6.45) is 1.81. The van der Waals surface area contributed by atoms with Gasteiger partial charge in [-0.1, -0.05) is 6.07 Å². The van der Waals surface area contributed by atoms with Crippen LogP contribution in [0.2, 0.25) is 0 Å². The Balaban J connectivity index is 1.60. The van der Waals surface area contributed by atoms with Gasteiger partial charge < -0.3 is 4.90 Å². The lowest BCUT2D eigenvalue weighted by Crippen LogP contribution is -2.49. The van der Waals surface area contributed by atoms with E-state index in [9.17, 15) is 9.59 Å². The van der Waals surface area contributed by atoms with E-state index in [1.54, 1.807) is 11.4 Å². The maximum absolute atomic E-state index is 12.6. The zero-order valence-electron chi connectivity index (χ0n) is 13.9. The zero-order valence-corrected chi connectivity index (χ0v) is 14.8. The van der Waals surface area contributed by atoms with Gasteiger partial charge in [0.15, 0.2) is 5.78 Å². The number of nitrogens with zero attached hydrogens (tertiary/aromatic N) is 3. The van der Waals surface area contributed by atoms with E-state index in [0.717, 1.165) is 18.8 Å². The van der Waals surface area contributed by atoms with Gasteiger partial charge in [0.25, 0.3) is 5.91 Å². The minimum atomic E-state index is -0.000643. The molecule has 6 heteroatoms. The standard InChI is InChI=1S/C18H21N3O2S/c1-13(16-5-3-4-6-19-16)20-7-9-21(10-8-20)18(23)17-11-15(12-24-17)14(2)22/h3-6,11-13H,7-10H2,1-2H3. The number of thiophene rings is 1. The Kier molecular flexibility index (Phi) is 5.06. The molecule has 126 valence electrons. The van der Waals surface area contributed by atoms with E-state index in [-0.39, 0.29) is 17.7 Å². The van der Waals surface area contributed by atoms with Gasteiger partial charge in [0.05, 0.1) is 10.6 Å². The number of piperazine rings is 1. The molecule has 0 aliphatic carbocycles. The van der Waals surface area contributed by atoms with Crippen LogP contribution in [0.4, 0.5) is 0 Å². The smallest absolute Gasteiger partial charge is 0.264 e. The minimum Gasteiger partial charge on any atom is -0.335 e. The van der Waals surface area contributed by atoms with Crippen molar-refractivity contribution in [1.29, 1.82) is 0 Å². The van der Waals surface area contributed by atoms with E-state index < -0.39 is 0 Å². The second-order valence-electron chi connectivity index (χ2n) is 6.01. The number of pyridine rings is 1. The Labute approximate surface area is 145 Å². The summed E-state index contributed by atoms with van der Waals surface area (Å²) in [5.74, 6) is 0.0249. The maximum atomic E-state index is 12.6. The van der Waals surface area contributed by atoms with Crippen molar-refractivity contribution < 1.29 is 9.59 Å². The monoisotopic (exact) mass is 343 g/mol. The normalized spacial score (nSPS) is 16.8. The van der Waals surface area contributed by atoms with Gasteiger partial charge in [-0.15, -0.1) is 11.3 Å². The van der Waals surface area contributed by atoms with E-state index in [1.807, 2.05) is 29.3 Å². The number of aromatic nitrogens is 1. The number of hydrogen-bond donors (Lipinski definition) is 0. The number of carbonyl (C=O) groups is 2. The lowest BCUT2D eigenvalue weighted by atomic mass is 10.1. The molecule has 2 aromatic rings. The van der Waals surface area contributed by atoms with Crippen molar-refractivity contribution >= 4 is 23.0 Å². The summed E-state index contributed by atoms with van der Waals surface area (Å²) in [5.41, 5.74) is 1.67. The summed E-state index contributed by atoms with van der Waals surface area (Å²) in [4.78, 5) is 33.2. The molecule has 5 nitrogen and oxygen atoms in total. The van der Waals surface area contributed by atoms with Gasteiger partial charge in [0.1, 0.15) is 0 Å². The first-order valence-electron chi connectivity index (χ1n) is 8.10. The SMILES string of the molecule is CC(=O)c1csc(C(=O)N2CCN(C(C)c3ccccn3)CC2)c1. The van der Waals surface area contributed by atoms with Crippen LogP contribution in [0.1, 0.15) is 45.6 Å². The molecule has 3 rings (SSSR count). The molecule has 1 aliphatic heterocycles. The highest BCUT2D eigenvalue weighted by Gasteiger charge is 2.26. The summed E-state index contributed by atoms with van der Waals surface area (Å²) >= 11 is 1.35. The van der Waals surface area contributed by atoms with Crippen LogP contribution >= 0.6 is 11.3 Å². The number of rotatable bonds is 4. The van der Waals surface area contributed by atoms with Crippen LogP contribution in [0, 0.1) is 0 Å². The molecule has 0 aromatic carbocycles. The van der Waals surface area contributed by atoms with Crippen molar-refractivity contribution in [2.24, 2.45) is 0 Å². The number of hydrogen-bond acceptors (Lipinski definition) is 5. The van der Waals surface area contributed by atoms with E-state index in [1.165, 1.54) is 18.3 Å². The van der Waals surface area contributed by atoms with E-state index in [4.69, 9.17) is 0 Å². The van der Waals surface area contributed by atoms with Crippen LogP contribution in [0.15, 0.2) is 35.8 Å². The van der Waals surface area contributed by atoms with Crippen LogP contribution in [0.3, 0.4) is 0 Å². The summed E-state index contributed by atoms with van der Waals surface area (Å²) in [7, 11) is 0. The predicted octanol–water partition coefficient (Wildman–Crippen LogP) is 2.86. The summed E-state index contributed by atoms with van der Waals surface area (Å²) in [6.45, 7) is 6.72. The second-order valence-corrected chi connectivity index (χ2v) is 6.93. The van der Waals surface area contributed by atoms with Gasteiger partial charge >= 0.3 is 0 Å². The first-order chi connectivity index (χ1) is 11.6. The average molecular weight is 343 g/mol. The lowest BCUT2D eigenvalue weighted by molar-refractivity contribution is 0.0583. The molecule has 0 saturated carbocycles. The molecular formula is C18H21N3O2S. The van der Waals surface area contributed by atoms with Crippen LogP contribution in [0.5, 0.6) is 0 Å². The molecule has 0 N–H and O–H groups in total. The van der Waals surface area contributed by atoms with Crippen molar-refractivity contribution in [3.05, 3.63) is 52.0 Å². The minimum absolute atomic E-state index is 0.000643. The Hall–Kier alpha value is -2.05. The Morgan fingerprint density at radius 1 is 1.21 bits per heavy atom. The number of Topliss-reactive ketones (excluding diaryl/α,β-unsaturated/α-hetero) is 1. The lowest BCUT2D eigenvalue weighted by Gasteiger charge is -2.37. The molecule has 1 fully saturated rings. The molecule has 2 aromatic heterocycles. The largest absolute Gasteiger partial charge is 0.335 e. The molecule has 3 heterocycles. The number of carbonyl (C=O) groups excluding carboxylic acids is 2. The highest BCUT2D eigenvalue weighted by atomic mass is 32.1. The summed E-state index contributed by atoms with van der Waals surface area (Å²) in [5, 5.41) is 1.76. The van der Waals surface area contributed by atoms with E-state index in [0.29, 0.717) is 23.5 Å². The van der Waals surface area contributed by atoms with Crippen molar-refractivity contribution in [1.82, 2.24) is 14.8 Å². The fourth-order valence-electron chi connectivity index (χ4n) is 2.91. The first kappa shape index (κ1) is 16.8. The third-order valence-corrected chi connectivity index (χ3v) is 5.40. The maximum Gasteiger partial charge on any atom is 0.264 e. The van der Waals surface area contributed by atoms with Crippen LogP contribution in [-0.2, 0) is 0 Å². The van der Waals surface area contributed by atoms with Crippen molar-refractivity contribution in [2.45, 2.75) is 19.9 Å². The van der Waals surface area contributed by atoms with E-state index in [2.05, 4.69) is 16.8 Å². The van der Waals surface area contributed by atoms with Crippen molar-refractivity contribution in [2.75, 3.05) is 26.2 Å². The molecule has 1 saturated heterocycles.